The van der Waals surface area contributed by atoms with Crippen molar-refractivity contribution >= 4 is 21.8 Å². The van der Waals surface area contributed by atoms with Crippen molar-refractivity contribution in [2.24, 2.45) is 0 Å². The normalized spacial score (nSPS) is 13.0. The van der Waals surface area contributed by atoms with Crippen molar-refractivity contribution in [1.29, 1.82) is 0 Å². The number of rotatable bonds is 5. The van der Waals surface area contributed by atoms with Gasteiger partial charge in [0.25, 0.3) is 0 Å². The maximum Gasteiger partial charge on any atom is 0.238 e. The summed E-state index contributed by atoms with van der Waals surface area (Å²) in [5, 5.41) is 2.28. The maximum atomic E-state index is 5.37. The molecule has 0 radical (unpaired) electrons. The summed E-state index contributed by atoms with van der Waals surface area (Å²) in [4.78, 5) is 15.8. The number of fused-ring (bicyclic) bond motifs is 13. The molecule has 0 bridgehead atoms. The van der Waals surface area contributed by atoms with Crippen LogP contribution < -0.4 is 0 Å². The molecule has 0 aliphatic heterocycles. The van der Waals surface area contributed by atoms with Gasteiger partial charge in [-0.25, -0.2) is 4.98 Å². The lowest BCUT2D eigenvalue weighted by molar-refractivity contribution is 0.794. The highest BCUT2D eigenvalue weighted by molar-refractivity contribution is 6.15. The summed E-state index contributed by atoms with van der Waals surface area (Å²) in [6.07, 6.45) is 0. The van der Waals surface area contributed by atoms with Crippen molar-refractivity contribution in [3.63, 3.8) is 0 Å². The number of para-hydroxylation sites is 2. The van der Waals surface area contributed by atoms with Gasteiger partial charge in [-0.05, 0) is 67.3 Å². The molecule has 0 saturated carbocycles. The zero-order chi connectivity index (χ0) is 40.8. The number of benzene rings is 9. The third-order valence-corrected chi connectivity index (χ3v) is 13.1. The molecule has 2 aliphatic carbocycles. The SMILES string of the molecule is c1ccc(-c2ccc(-c3nc(-c4ccccc4)nc(-n4c5ccccc5c5cccc(-c6cccc7c6-c6ccccc6C76c7ccccc7-c7ccccc76)c54)n3)cc2)cc1. The van der Waals surface area contributed by atoms with Crippen LogP contribution in [-0.2, 0) is 5.41 Å². The fourth-order valence-electron chi connectivity index (χ4n) is 10.6. The Bertz CT molecular complexity index is 3520. The maximum absolute atomic E-state index is 5.37. The van der Waals surface area contributed by atoms with Crippen LogP contribution in [0.3, 0.4) is 0 Å². The Kier molecular flexibility index (Phi) is 7.49. The first kappa shape index (κ1) is 34.6. The Morgan fingerprint density at radius 2 is 0.758 bits per heavy atom. The molecule has 13 rings (SSSR count). The first-order chi connectivity index (χ1) is 30.8. The minimum absolute atomic E-state index is 0.445. The van der Waals surface area contributed by atoms with Gasteiger partial charge < -0.3 is 0 Å². The molecule has 1 spiro atoms. The average molecular weight is 789 g/mol. The lowest BCUT2D eigenvalue weighted by atomic mass is 9.70. The van der Waals surface area contributed by atoms with Crippen LogP contribution in [-0.4, -0.2) is 19.5 Å². The van der Waals surface area contributed by atoms with Crippen molar-refractivity contribution in [2.75, 3.05) is 0 Å². The number of nitrogens with zero attached hydrogens (tertiary/aromatic N) is 4. The van der Waals surface area contributed by atoms with Crippen molar-refractivity contribution in [1.82, 2.24) is 19.5 Å². The zero-order valence-corrected chi connectivity index (χ0v) is 33.6. The summed E-state index contributed by atoms with van der Waals surface area (Å²) in [6.45, 7) is 0. The fraction of sp³-hybridized carbons (Fsp3) is 0.0172. The molecule has 11 aromatic rings. The highest BCUT2D eigenvalue weighted by Crippen LogP contribution is 2.64. The summed E-state index contributed by atoms with van der Waals surface area (Å²) < 4.78 is 2.27. The summed E-state index contributed by atoms with van der Waals surface area (Å²) in [7, 11) is 0. The topological polar surface area (TPSA) is 43.6 Å². The summed E-state index contributed by atoms with van der Waals surface area (Å²) >= 11 is 0. The third kappa shape index (κ3) is 4.86. The second-order valence-electron chi connectivity index (χ2n) is 16.3. The summed E-state index contributed by atoms with van der Waals surface area (Å²) in [5.41, 5.74) is 18.5. The minimum atomic E-state index is -0.445. The molecular formula is C58H36N4. The molecule has 4 nitrogen and oxygen atoms in total. The molecule has 0 unspecified atom stereocenters. The molecule has 2 aliphatic rings. The van der Waals surface area contributed by atoms with Gasteiger partial charge in [0, 0.05) is 27.5 Å². The van der Waals surface area contributed by atoms with E-state index in [0.717, 1.165) is 44.1 Å². The molecule has 0 amide bonds. The van der Waals surface area contributed by atoms with E-state index in [9.17, 15) is 0 Å². The second kappa shape index (κ2) is 13.4. The van der Waals surface area contributed by atoms with Crippen molar-refractivity contribution in [3.8, 4) is 73.2 Å². The summed E-state index contributed by atoms with van der Waals surface area (Å²) in [6, 6.07) is 78.5. The Morgan fingerprint density at radius 1 is 0.306 bits per heavy atom. The molecular weight excluding hydrogens is 753 g/mol. The molecule has 0 N–H and O–H groups in total. The molecule has 9 aromatic carbocycles. The zero-order valence-electron chi connectivity index (χ0n) is 33.6. The van der Waals surface area contributed by atoms with Crippen LogP contribution in [0.2, 0.25) is 0 Å². The molecule has 4 heteroatoms. The molecule has 0 fully saturated rings. The van der Waals surface area contributed by atoms with Crippen LogP contribution in [0.1, 0.15) is 22.3 Å². The van der Waals surface area contributed by atoms with Crippen LogP contribution >= 0.6 is 0 Å². The van der Waals surface area contributed by atoms with E-state index in [1.54, 1.807) is 0 Å². The third-order valence-electron chi connectivity index (χ3n) is 13.1. The van der Waals surface area contributed by atoms with E-state index in [1.165, 1.54) is 55.6 Å². The van der Waals surface area contributed by atoms with Crippen molar-refractivity contribution in [3.05, 3.63) is 241 Å². The highest BCUT2D eigenvalue weighted by atomic mass is 15.2. The van der Waals surface area contributed by atoms with Gasteiger partial charge in [-0.15, -0.1) is 0 Å². The monoisotopic (exact) mass is 788 g/mol. The van der Waals surface area contributed by atoms with E-state index in [-0.39, 0.29) is 0 Å². The van der Waals surface area contributed by atoms with Gasteiger partial charge >= 0.3 is 0 Å². The van der Waals surface area contributed by atoms with Gasteiger partial charge in [0.1, 0.15) is 0 Å². The minimum Gasteiger partial charge on any atom is -0.277 e. The predicted octanol–water partition coefficient (Wildman–Crippen LogP) is 14.0. The van der Waals surface area contributed by atoms with Gasteiger partial charge in [-0.1, -0.05) is 212 Å². The molecule has 2 aromatic heterocycles. The largest absolute Gasteiger partial charge is 0.277 e. The molecule has 62 heavy (non-hydrogen) atoms. The first-order valence-corrected chi connectivity index (χ1v) is 21.2. The van der Waals surface area contributed by atoms with Crippen LogP contribution in [0, 0.1) is 0 Å². The Hall–Kier alpha value is -8.21. The molecule has 2 heterocycles. The summed E-state index contributed by atoms with van der Waals surface area (Å²) in [5.74, 6) is 1.81. The smallest absolute Gasteiger partial charge is 0.238 e. The van der Waals surface area contributed by atoms with Crippen molar-refractivity contribution in [2.45, 2.75) is 5.41 Å². The van der Waals surface area contributed by atoms with E-state index < -0.39 is 5.41 Å². The quantitative estimate of drug-likeness (QED) is 0.174. The van der Waals surface area contributed by atoms with Crippen LogP contribution in [0.4, 0.5) is 0 Å². The van der Waals surface area contributed by atoms with Gasteiger partial charge in [0.05, 0.1) is 16.4 Å². The first-order valence-electron chi connectivity index (χ1n) is 21.2. The van der Waals surface area contributed by atoms with Gasteiger partial charge in [0.15, 0.2) is 11.6 Å². The van der Waals surface area contributed by atoms with E-state index in [0.29, 0.717) is 17.6 Å². The predicted molar refractivity (Wildman–Crippen MR) is 252 cm³/mol. The van der Waals surface area contributed by atoms with E-state index in [2.05, 4.69) is 199 Å². The lowest BCUT2D eigenvalue weighted by Gasteiger charge is -2.30. The Labute approximate surface area is 359 Å². The standard InChI is InChI=1S/C58H36N4/c1-3-17-37(18-4-1)38-33-35-40(36-34-38)56-59-55(39-19-5-2-6-20-39)60-57(61-56)62-52-32-14-10-23-43(52)45-26-15-27-46(54(45)62)44-25-16-31-51-53(44)47-24-9-13-30-50(47)58(51)48-28-11-7-21-41(48)42-22-8-12-29-49(42)58/h1-36H. The number of aromatic nitrogens is 4. The van der Waals surface area contributed by atoms with Gasteiger partial charge in [-0.3, -0.25) is 4.57 Å². The Balaban J connectivity index is 1.09. The van der Waals surface area contributed by atoms with Crippen molar-refractivity contribution < 1.29 is 0 Å². The van der Waals surface area contributed by atoms with E-state index in [4.69, 9.17) is 15.0 Å². The molecule has 0 saturated heterocycles. The molecule has 0 atom stereocenters. The fourth-order valence-corrected chi connectivity index (χ4v) is 10.6. The van der Waals surface area contributed by atoms with E-state index >= 15 is 0 Å². The average Bonchev–Trinajstić information content (AvgIpc) is 3.97. The second-order valence-corrected chi connectivity index (χ2v) is 16.3. The molecule has 288 valence electrons. The number of hydrogen-bond acceptors (Lipinski definition) is 3. The van der Waals surface area contributed by atoms with E-state index in [1.807, 2.05) is 24.3 Å². The van der Waals surface area contributed by atoms with Crippen LogP contribution in [0.25, 0.3) is 95.0 Å². The lowest BCUT2D eigenvalue weighted by Crippen LogP contribution is -2.25. The van der Waals surface area contributed by atoms with Crippen LogP contribution in [0.15, 0.2) is 218 Å². The number of hydrogen-bond donors (Lipinski definition) is 0. The highest BCUT2D eigenvalue weighted by Gasteiger charge is 2.52. The van der Waals surface area contributed by atoms with Crippen LogP contribution in [0.5, 0.6) is 0 Å². The Morgan fingerprint density at radius 3 is 1.45 bits per heavy atom. The van der Waals surface area contributed by atoms with Gasteiger partial charge in [-0.2, -0.15) is 9.97 Å². The van der Waals surface area contributed by atoms with Gasteiger partial charge in [0.2, 0.25) is 5.95 Å².